The molecule has 4 heteroatoms. The Bertz CT molecular complexity index is 137. The lowest BCUT2D eigenvalue weighted by atomic mass is 9.89. The van der Waals surface area contributed by atoms with Crippen LogP contribution in [0, 0.1) is 5.92 Å². The van der Waals surface area contributed by atoms with Crippen LogP contribution in [0.3, 0.4) is 0 Å². The maximum absolute atomic E-state index is 3.75. The van der Waals surface area contributed by atoms with Crippen molar-refractivity contribution in [3.63, 3.8) is 0 Å². The Balaban J connectivity index is 0.00000112. The molecule has 1 heterocycles. The molecular formula is C12H26Cl2N2. The first-order valence-electron chi connectivity index (χ1n) is 6.39. The second-order valence-corrected chi connectivity index (χ2v) is 4.94. The molecule has 98 valence electrons. The molecule has 0 amide bonds. The highest BCUT2D eigenvalue weighted by molar-refractivity contribution is 5.85. The van der Waals surface area contributed by atoms with Crippen LogP contribution in [0.2, 0.25) is 0 Å². The first kappa shape index (κ1) is 16.5. The lowest BCUT2D eigenvalue weighted by molar-refractivity contribution is 0.305. The molecule has 2 fully saturated rings. The average molecular weight is 269 g/mol. The van der Waals surface area contributed by atoms with Crippen molar-refractivity contribution in [1.82, 2.24) is 10.6 Å². The number of halogens is 2. The van der Waals surface area contributed by atoms with Crippen LogP contribution >= 0.6 is 24.8 Å². The van der Waals surface area contributed by atoms with Gasteiger partial charge in [-0.25, -0.2) is 0 Å². The van der Waals surface area contributed by atoms with Gasteiger partial charge in [0.2, 0.25) is 0 Å². The zero-order valence-electron chi connectivity index (χ0n) is 10.0. The molecule has 0 aromatic rings. The minimum atomic E-state index is 0. The van der Waals surface area contributed by atoms with Gasteiger partial charge in [-0.2, -0.15) is 0 Å². The van der Waals surface area contributed by atoms with Crippen LogP contribution in [0.15, 0.2) is 0 Å². The monoisotopic (exact) mass is 268 g/mol. The molecular weight excluding hydrogens is 243 g/mol. The third-order valence-electron chi connectivity index (χ3n) is 3.76. The lowest BCUT2D eigenvalue weighted by Gasteiger charge is -2.28. The van der Waals surface area contributed by atoms with E-state index in [4.69, 9.17) is 0 Å². The second-order valence-electron chi connectivity index (χ2n) is 4.94. The van der Waals surface area contributed by atoms with E-state index in [2.05, 4.69) is 10.6 Å². The fourth-order valence-electron chi connectivity index (χ4n) is 2.75. The number of hydrogen-bond acceptors (Lipinski definition) is 2. The van der Waals surface area contributed by atoms with E-state index in [-0.39, 0.29) is 24.8 Å². The van der Waals surface area contributed by atoms with Gasteiger partial charge in [0.1, 0.15) is 0 Å². The van der Waals surface area contributed by atoms with E-state index >= 15 is 0 Å². The van der Waals surface area contributed by atoms with Gasteiger partial charge >= 0.3 is 0 Å². The Kier molecular flexibility index (Phi) is 9.82. The van der Waals surface area contributed by atoms with Crippen molar-refractivity contribution in [3.05, 3.63) is 0 Å². The van der Waals surface area contributed by atoms with Gasteiger partial charge in [-0.1, -0.05) is 19.3 Å². The number of rotatable bonds is 3. The molecule has 0 bridgehead atoms. The summed E-state index contributed by atoms with van der Waals surface area (Å²) in [4.78, 5) is 0. The van der Waals surface area contributed by atoms with Gasteiger partial charge in [-0.15, -0.1) is 24.8 Å². The summed E-state index contributed by atoms with van der Waals surface area (Å²) in [6, 6.07) is 0.804. The average Bonchev–Trinajstić information content (AvgIpc) is 2.29. The number of hydrogen-bond donors (Lipinski definition) is 2. The minimum Gasteiger partial charge on any atom is -0.317 e. The molecule has 0 radical (unpaired) electrons. The Morgan fingerprint density at radius 3 is 2.12 bits per heavy atom. The molecule has 2 nitrogen and oxygen atoms in total. The molecule has 0 unspecified atom stereocenters. The molecule has 1 saturated heterocycles. The quantitative estimate of drug-likeness (QED) is 0.823. The van der Waals surface area contributed by atoms with Gasteiger partial charge in [0, 0.05) is 6.04 Å². The maximum atomic E-state index is 3.75. The van der Waals surface area contributed by atoms with Gasteiger partial charge in [0.25, 0.3) is 0 Å². The summed E-state index contributed by atoms with van der Waals surface area (Å²) in [5.74, 6) is 0.985. The first-order valence-corrected chi connectivity index (χ1v) is 6.39. The molecule has 1 saturated carbocycles. The normalized spacial score (nSPS) is 23.2. The van der Waals surface area contributed by atoms with E-state index in [0.717, 1.165) is 12.0 Å². The maximum Gasteiger partial charge on any atom is 0.00913 e. The second kappa shape index (κ2) is 9.52. The standard InChI is InChI=1S/C12H24N2.2ClH/c1-2-4-11(5-3-1)10-14-12-6-8-13-9-7-12;;/h11-14H,1-10H2;2*1H. The van der Waals surface area contributed by atoms with Crippen molar-refractivity contribution in [2.75, 3.05) is 19.6 Å². The Morgan fingerprint density at radius 1 is 0.875 bits per heavy atom. The number of nitrogens with one attached hydrogen (secondary N) is 2. The molecule has 1 aliphatic heterocycles. The molecule has 0 aromatic carbocycles. The largest absolute Gasteiger partial charge is 0.317 e. The first-order chi connectivity index (χ1) is 6.95. The van der Waals surface area contributed by atoms with Gasteiger partial charge in [0.05, 0.1) is 0 Å². The van der Waals surface area contributed by atoms with Crippen molar-refractivity contribution in [2.24, 2.45) is 5.92 Å². The van der Waals surface area contributed by atoms with Crippen LogP contribution in [0.4, 0.5) is 0 Å². The highest BCUT2D eigenvalue weighted by Crippen LogP contribution is 2.23. The zero-order chi connectivity index (χ0) is 9.64. The lowest BCUT2D eigenvalue weighted by Crippen LogP contribution is -2.41. The van der Waals surface area contributed by atoms with Crippen molar-refractivity contribution in [2.45, 2.75) is 51.0 Å². The van der Waals surface area contributed by atoms with E-state index in [1.807, 2.05) is 0 Å². The summed E-state index contributed by atoms with van der Waals surface area (Å²) >= 11 is 0. The summed E-state index contributed by atoms with van der Waals surface area (Å²) in [5.41, 5.74) is 0. The molecule has 0 spiro atoms. The van der Waals surface area contributed by atoms with Crippen molar-refractivity contribution < 1.29 is 0 Å². The predicted octanol–water partition coefficient (Wildman–Crippen LogP) is 2.75. The predicted molar refractivity (Wildman–Crippen MR) is 75.0 cm³/mol. The smallest absolute Gasteiger partial charge is 0.00913 e. The highest BCUT2D eigenvalue weighted by atomic mass is 35.5. The summed E-state index contributed by atoms with van der Waals surface area (Å²) in [6.45, 7) is 3.70. The summed E-state index contributed by atoms with van der Waals surface area (Å²) in [6.07, 6.45) is 10.0. The van der Waals surface area contributed by atoms with Crippen LogP contribution in [0.25, 0.3) is 0 Å². The Labute approximate surface area is 112 Å². The van der Waals surface area contributed by atoms with E-state index in [0.29, 0.717) is 0 Å². The van der Waals surface area contributed by atoms with Gasteiger partial charge in [-0.05, 0) is 51.2 Å². The fourth-order valence-corrected chi connectivity index (χ4v) is 2.75. The third-order valence-corrected chi connectivity index (χ3v) is 3.76. The molecule has 2 N–H and O–H groups in total. The number of piperidine rings is 1. The van der Waals surface area contributed by atoms with Gasteiger partial charge in [0.15, 0.2) is 0 Å². The van der Waals surface area contributed by atoms with Gasteiger partial charge < -0.3 is 10.6 Å². The van der Waals surface area contributed by atoms with Crippen molar-refractivity contribution >= 4 is 24.8 Å². The molecule has 2 aliphatic rings. The molecule has 2 rings (SSSR count). The van der Waals surface area contributed by atoms with E-state index in [9.17, 15) is 0 Å². The fraction of sp³-hybridized carbons (Fsp3) is 1.00. The van der Waals surface area contributed by atoms with Crippen LogP contribution in [0.1, 0.15) is 44.9 Å². The Morgan fingerprint density at radius 2 is 1.50 bits per heavy atom. The van der Waals surface area contributed by atoms with E-state index < -0.39 is 0 Å². The molecule has 0 atom stereocenters. The summed E-state index contributed by atoms with van der Waals surface area (Å²) in [5, 5.41) is 7.16. The highest BCUT2D eigenvalue weighted by Gasteiger charge is 2.16. The summed E-state index contributed by atoms with van der Waals surface area (Å²) < 4.78 is 0. The third kappa shape index (κ3) is 5.72. The summed E-state index contributed by atoms with van der Waals surface area (Å²) in [7, 11) is 0. The molecule has 16 heavy (non-hydrogen) atoms. The van der Waals surface area contributed by atoms with Crippen LogP contribution < -0.4 is 10.6 Å². The van der Waals surface area contributed by atoms with Crippen LogP contribution in [-0.4, -0.2) is 25.7 Å². The molecule has 1 aliphatic carbocycles. The zero-order valence-corrected chi connectivity index (χ0v) is 11.7. The van der Waals surface area contributed by atoms with E-state index in [1.165, 1.54) is 64.6 Å². The topological polar surface area (TPSA) is 24.1 Å². The Hall–Kier alpha value is 0.500. The van der Waals surface area contributed by atoms with Crippen molar-refractivity contribution in [1.29, 1.82) is 0 Å². The van der Waals surface area contributed by atoms with Gasteiger partial charge in [-0.3, -0.25) is 0 Å². The minimum absolute atomic E-state index is 0. The SMILES string of the molecule is C1CCC(CNC2CCNCC2)CC1.Cl.Cl. The molecule has 0 aromatic heterocycles. The van der Waals surface area contributed by atoms with Crippen LogP contribution in [0.5, 0.6) is 0 Å². The van der Waals surface area contributed by atoms with Crippen molar-refractivity contribution in [3.8, 4) is 0 Å². The van der Waals surface area contributed by atoms with Crippen LogP contribution in [-0.2, 0) is 0 Å². The van der Waals surface area contributed by atoms with E-state index in [1.54, 1.807) is 0 Å².